The Morgan fingerprint density at radius 1 is 1.37 bits per heavy atom. The number of para-hydroxylation sites is 1. The van der Waals surface area contributed by atoms with Crippen molar-refractivity contribution in [2.24, 2.45) is 0 Å². The van der Waals surface area contributed by atoms with E-state index in [-0.39, 0.29) is 12.2 Å². The smallest absolute Gasteiger partial charge is 0.162 e. The Morgan fingerprint density at radius 2 is 2.11 bits per heavy atom. The summed E-state index contributed by atoms with van der Waals surface area (Å²) < 4.78 is 0. The zero-order valence-corrected chi connectivity index (χ0v) is 10.2. The lowest BCUT2D eigenvalue weighted by molar-refractivity contribution is -0.116. The second-order valence-electron chi connectivity index (χ2n) is 4.28. The maximum absolute atomic E-state index is 11.5. The molecule has 0 fully saturated rings. The molecule has 0 aliphatic heterocycles. The monoisotopic (exact) mass is 261 g/mol. The molecule has 0 saturated heterocycles. The number of benzene rings is 1. The van der Waals surface area contributed by atoms with Crippen molar-refractivity contribution >= 4 is 22.4 Å². The SMILES string of the molecule is O=C(/C=C(\O)c1c[nH]c2ccccc12)CC(O)CO. The lowest BCUT2D eigenvalue weighted by Gasteiger charge is -2.03. The molecule has 0 aliphatic carbocycles. The fourth-order valence-corrected chi connectivity index (χ4v) is 1.87. The Morgan fingerprint density at radius 3 is 2.84 bits per heavy atom. The average Bonchev–Trinajstić information content (AvgIpc) is 2.82. The third-order valence-electron chi connectivity index (χ3n) is 2.81. The highest BCUT2D eigenvalue weighted by Gasteiger charge is 2.11. The first-order valence-corrected chi connectivity index (χ1v) is 5.90. The molecule has 100 valence electrons. The fourth-order valence-electron chi connectivity index (χ4n) is 1.87. The molecule has 1 aromatic carbocycles. The number of ketones is 1. The van der Waals surface area contributed by atoms with Gasteiger partial charge in [-0.1, -0.05) is 18.2 Å². The minimum Gasteiger partial charge on any atom is -0.507 e. The number of aliphatic hydroxyl groups is 3. The average molecular weight is 261 g/mol. The van der Waals surface area contributed by atoms with Crippen LogP contribution >= 0.6 is 0 Å². The van der Waals surface area contributed by atoms with Crippen LogP contribution in [0, 0.1) is 0 Å². The molecule has 0 amide bonds. The summed E-state index contributed by atoms with van der Waals surface area (Å²) in [7, 11) is 0. The molecule has 0 saturated carbocycles. The molecule has 0 aliphatic rings. The molecule has 5 nitrogen and oxygen atoms in total. The molecule has 1 unspecified atom stereocenters. The molecule has 19 heavy (non-hydrogen) atoms. The number of aliphatic hydroxyl groups excluding tert-OH is 3. The van der Waals surface area contributed by atoms with Gasteiger partial charge in [-0.2, -0.15) is 0 Å². The Hall–Kier alpha value is -2.11. The molecule has 1 aromatic heterocycles. The molecule has 0 spiro atoms. The van der Waals surface area contributed by atoms with Crippen LogP contribution < -0.4 is 0 Å². The molecular formula is C14H15NO4. The standard InChI is InChI=1S/C14H15NO4/c16-8-10(18)5-9(17)6-14(19)12-7-15-13-4-2-1-3-11(12)13/h1-4,6-7,10,15-16,18-19H,5,8H2/b14-6-. The summed E-state index contributed by atoms with van der Waals surface area (Å²) in [4.78, 5) is 14.5. The van der Waals surface area contributed by atoms with Crippen LogP contribution in [0.2, 0.25) is 0 Å². The van der Waals surface area contributed by atoms with Gasteiger partial charge >= 0.3 is 0 Å². The molecule has 0 bridgehead atoms. The van der Waals surface area contributed by atoms with Gasteiger partial charge in [0.25, 0.3) is 0 Å². The van der Waals surface area contributed by atoms with Crippen molar-refractivity contribution in [3.8, 4) is 0 Å². The number of allylic oxidation sites excluding steroid dienone is 1. The van der Waals surface area contributed by atoms with Crippen molar-refractivity contribution in [1.82, 2.24) is 4.98 Å². The third kappa shape index (κ3) is 3.01. The molecule has 1 heterocycles. The van der Waals surface area contributed by atoms with Crippen molar-refractivity contribution < 1.29 is 20.1 Å². The van der Waals surface area contributed by atoms with Crippen LogP contribution in [0.25, 0.3) is 16.7 Å². The van der Waals surface area contributed by atoms with E-state index >= 15 is 0 Å². The highest BCUT2D eigenvalue weighted by molar-refractivity contribution is 5.99. The van der Waals surface area contributed by atoms with E-state index in [1.54, 1.807) is 6.20 Å². The molecule has 5 heteroatoms. The Kier molecular flexibility index (Phi) is 3.99. The zero-order chi connectivity index (χ0) is 13.8. The summed E-state index contributed by atoms with van der Waals surface area (Å²) in [5.74, 6) is -0.600. The summed E-state index contributed by atoms with van der Waals surface area (Å²) in [5.41, 5.74) is 1.39. The molecule has 2 rings (SSSR count). The van der Waals surface area contributed by atoms with Gasteiger partial charge in [0.1, 0.15) is 5.76 Å². The maximum atomic E-state index is 11.5. The molecular weight excluding hydrogens is 246 g/mol. The number of carbonyl (C=O) groups is 1. The van der Waals surface area contributed by atoms with Crippen LogP contribution in [0.1, 0.15) is 12.0 Å². The van der Waals surface area contributed by atoms with Crippen LogP contribution in [0.15, 0.2) is 36.5 Å². The third-order valence-corrected chi connectivity index (χ3v) is 2.81. The maximum Gasteiger partial charge on any atom is 0.162 e. The van der Waals surface area contributed by atoms with E-state index in [1.165, 1.54) is 0 Å². The summed E-state index contributed by atoms with van der Waals surface area (Å²) in [6, 6.07) is 7.40. The van der Waals surface area contributed by atoms with E-state index in [1.807, 2.05) is 24.3 Å². The van der Waals surface area contributed by atoms with Crippen LogP contribution in [0.4, 0.5) is 0 Å². The van der Waals surface area contributed by atoms with Gasteiger partial charge in [-0.3, -0.25) is 4.79 Å². The Balaban J connectivity index is 2.23. The van der Waals surface area contributed by atoms with Crippen molar-refractivity contribution in [2.75, 3.05) is 6.61 Å². The number of fused-ring (bicyclic) bond motifs is 1. The van der Waals surface area contributed by atoms with E-state index in [2.05, 4.69) is 4.98 Å². The second kappa shape index (κ2) is 5.69. The van der Waals surface area contributed by atoms with Gasteiger partial charge in [0, 0.05) is 35.2 Å². The van der Waals surface area contributed by atoms with E-state index in [0.29, 0.717) is 5.56 Å². The molecule has 4 N–H and O–H groups in total. The topological polar surface area (TPSA) is 93.5 Å². The van der Waals surface area contributed by atoms with Gasteiger partial charge in [-0.15, -0.1) is 0 Å². The molecule has 1 atom stereocenters. The van der Waals surface area contributed by atoms with Crippen LogP contribution in [0.5, 0.6) is 0 Å². The van der Waals surface area contributed by atoms with Crippen molar-refractivity contribution in [3.63, 3.8) is 0 Å². The van der Waals surface area contributed by atoms with Gasteiger partial charge in [0.2, 0.25) is 0 Å². The number of H-pyrrole nitrogens is 1. The highest BCUT2D eigenvalue weighted by Crippen LogP contribution is 2.23. The van der Waals surface area contributed by atoms with Crippen LogP contribution in [0.3, 0.4) is 0 Å². The van der Waals surface area contributed by atoms with Crippen molar-refractivity contribution in [1.29, 1.82) is 0 Å². The van der Waals surface area contributed by atoms with Crippen molar-refractivity contribution in [2.45, 2.75) is 12.5 Å². The number of rotatable bonds is 5. The van der Waals surface area contributed by atoms with Crippen molar-refractivity contribution in [3.05, 3.63) is 42.1 Å². The lowest BCUT2D eigenvalue weighted by Crippen LogP contribution is -2.16. The van der Waals surface area contributed by atoms with Gasteiger partial charge in [-0.05, 0) is 6.07 Å². The number of aromatic nitrogens is 1. The van der Waals surface area contributed by atoms with Gasteiger partial charge in [0.15, 0.2) is 5.78 Å². The van der Waals surface area contributed by atoms with E-state index < -0.39 is 18.5 Å². The first-order chi connectivity index (χ1) is 9.11. The van der Waals surface area contributed by atoms with Gasteiger partial charge in [-0.25, -0.2) is 0 Å². The minimum absolute atomic E-state index is 0.160. The predicted octanol–water partition coefficient (Wildman–Crippen LogP) is 1.38. The number of nitrogens with one attached hydrogen (secondary N) is 1. The summed E-state index contributed by atoms with van der Waals surface area (Å²) in [6.45, 7) is -0.479. The molecule has 2 aromatic rings. The first kappa shape index (κ1) is 13.3. The quantitative estimate of drug-likeness (QED) is 0.483. The summed E-state index contributed by atoms with van der Waals surface area (Å²) in [6.07, 6.45) is 1.36. The fraction of sp³-hybridized carbons (Fsp3) is 0.214. The van der Waals surface area contributed by atoms with Crippen LogP contribution in [-0.2, 0) is 4.79 Å². The second-order valence-corrected chi connectivity index (χ2v) is 4.28. The number of aromatic amines is 1. The number of hydrogen-bond acceptors (Lipinski definition) is 4. The van der Waals surface area contributed by atoms with E-state index in [9.17, 15) is 9.90 Å². The largest absolute Gasteiger partial charge is 0.507 e. The predicted molar refractivity (Wildman–Crippen MR) is 71.6 cm³/mol. The lowest BCUT2D eigenvalue weighted by atomic mass is 10.1. The Labute approximate surface area is 109 Å². The molecule has 0 radical (unpaired) electrons. The zero-order valence-electron chi connectivity index (χ0n) is 10.2. The van der Waals surface area contributed by atoms with E-state index in [0.717, 1.165) is 17.0 Å². The minimum atomic E-state index is -1.10. The van der Waals surface area contributed by atoms with Gasteiger partial charge in [0.05, 0.1) is 12.7 Å². The number of hydrogen-bond donors (Lipinski definition) is 4. The first-order valence-electron chi connectivity index (χ1n) is 5.90. The van der Waals surface area contributed by atoms with Crippen LogP contribution in [-0.4, -0.2) is 38.8 Å². The Bertz CT molecular complexity index is 615. The number of carbonyl (C=O) groups excluding carboxylic acids is 1. The van der Waals surface area contributed by atoms with Gasteiger partial charge < -0.3 is 20.3 Å². The van der Waals surface area contributed by atoms with E-state index in [4.69, 9.17) is 10.2 Å². The highest BCUT2D eigenvalue weighted by atomic mass is 16.3. The summed E-state index contributed by atoms with van der Waals surface area (Å²) in [5, 5.41) is 28.6. The summed E-state index contributed by atoms with van der Waals surface area (Å²) >= 11 is 0. The normalized spacial score (nSPS) is 13.7.